The van der Waals surface area contributed by atoms with Crippen molar-refractivity contribution in [1.29, 1.82) is 0 Å². The van der Waals surface area contributed by atoms with Crippen molar-refractivity contribution < 1.29 is 18.7 Å². The molecule has 2 fully saturated rings. The van der Waals surface area contributed by atoms with Crippen LogP contribution in [-0.4, -0.2) is 42.2 Å². The summed E-state index contributed by atoms with van der Waals surface area (Å²) in [5.41, 5.74) is -0.958. The highest BCUT2D eigenvalue weighted by molar-refractivity contribution is 5.84. The smallest absolute Gasteiger partial charge is 0.229 e. The molecule has 1 saturated carbocycles. The number of aliphatic hydroxyl groups is 1. The first-order valence-corrected chi connectivity index (χ1v) is 11.4. The third kappa shape index (κ3) is 4.12. The van der Waals surface area contributed by atoms with Crippen molar-refractivity contribution in [2.24, 2.45) is 38.8 Å². The maximum Gasteiger partial charge on any atom is 0.229 e. The van der Waals surface area contributed by atoms with Crippen molar-refractivity contribution in [3.8, 4) is 0 Å². The zero-order valence-corrected chi connectivity index (χ0v) is 19.9. The number of hydrogen-bond donors (Lipinski definition) is 1. The number of halogens is 2. The second-order valence-corrected chi connectivity index (χ2v) is 10.3. The van der Waals surface area contributed by atoms with E-state index in [0.29, 0.717) is 13.1 Å². The van der Waals surface area contributed by atoms with Crippen molar-refractivity contribution in [1.82, 2.24) is 4.90 Å². The van der Waals surface area contributed by atoms with E-state index in [4.69, 9.17) is 0 Å². The van der Waals surface area contributed by atoms with Crippen LogP contribution in [0.2, 0.25) is 0 Å². The lowest BCUT2D eigenvalue weighted by Gasteiger charge is -2.44. The fourth-order valence-corrected chi connectivity index (χ4v) is 5.69. The molecule has 2 unspecified atom stereocenters. The number of β-amino-alcohol motifs (C(OH)–C–C–N with tert-alkyl or cyclic N) is 1. The Bertz CT molecular complexity index is 900. The fraction of sp³-hybridized carbons (Fsp3) is 0.640. The van der Waals surface area contributed by atoms with E-state index in [9.17, 15) is 18.7 Å². The molecule has 1 saturated heterocycles. The SMILES string of the molecule is CN=N/C(=C\C(C)C1CC[C@](C)(C(=O)N2C[C@H](C)[C@@H](O)C2)C1(C)C)c1c(F)cccc1F. The number of aliphatic hydroxyl groups excluding tert-OH is 1. The first kappa shape index (κ1) is 24.5. The van der Waals surface area contributed by atoms with Gasteiger partial charge in [0.1, 0.15) is 11.6 Å². The van der Waals surface area contributed by atoms with Crippen LogP contribution in [0.5, 0.6) is 0 Å². The number of amides is 1. The molecule has 0 aromatic heterocycles. The Balaban J connectivity index is 1.90. The van der Waals surface area contributed by atoms with E-state index in [1.54, 1.807) is 11.0 Å². The van der Waals surface area contributed by atoms with Crippen LogP contribution in [0.4, 0.5) is 8.78 Å². The van der Waals surface area contributed by atoms with Gasteiger partial charge in [-0.2, -0.15) is 10.2 Å². The molecule has 32 heavy (non-hydrogen) atoms. The van der Waals surface area contributed by atoms with Gasteiger partial charge in [0.25, 0.3) is 0 Å². The molecule has 1 aliphatic carbocycles. The Labute approximate surface area is 189 Å². The molecule has 1 amide bonds. The van der Waals surface area contributed by atoms with Crippen LogP contribution in [0.25, 0.3) is 5.70 Å². The van der Waals surface area contributed by atoms with Crippen molar-refractivity contribution in [3.05, 3.63) is 41.5 Å². The Morgan fingerprint density at radius 3 is 2.41 bits per heavy atom. The normalized spacial score (nSPS) is 31.5. The van der Waals surface area contributed by atoms with E-state index in [-0.39, 0.29) is 40.3 Å². The topological polar surface area (TPSA) is 65.3 Å². The number of carbonyl (C=O) groups excluding carboxylic acids is 1. The average Bonchev–Trinajstić information content (AvgIpc) is 3.17. The standard InChI is InChI=1S/C25H35F2N3O2/c1-15(12-20(29-28-6)22-18(26)8-7-9-19(22)27)17-10-11-25(5,24(17,3)4)23(32)30-13-16(2)21(31)14-30/h7-9,12,15-17,21,31H,10-11,13-14H2,1-6H3/b20-12-,29-28?/t15?,16-,17?,21-,25+/m0/s1. The lowest BCUT2D eigenvalue weighted by molar-refractivity contribution is -0.147. The van der Waals surface area contributed by atoms with Crippen LogP contribution in [-0.2, 0) is 4.79 Å². The van der Waals surface area contributed by atoms with Crippen LogP contribution in [0.3, 0.4) is 0 Å². The molecule has 5 atom stereocenters. The predicted octanol–water partition coefficient (Wildman–Crippen LogP) is 5.31. The van der Waals surface area contributed by atoms with Crippen molar-refractivity contribution in [3.63, 3.8) is 0 Å². The van der Waals surface area contributed by atoms with Gasteiger partial charge in [0.15, 0.2) is 0 Å². The fourth-order valence-electron chi connectivity index (χ4n) is 5.69. The zero-order valence-electron chi connectivity index (χ0n) is 19.9. The summed E-state index contributed by atoms with van der Waals surface area (Å²) in [6, 6.07) is 3.75. The predicted molar refractivity (Wildman–Crippen MR) is 121 cm³/mol. The summed E-state index contributed by atoms with van der Waals surface area (Å²) in [5.74, 6) is -1.17. The number of likely N-dealkylation sites (tertiary alicyclic amines) is 1. The molecular formula is C25H35F2N3O2. The Morgan fingerprint density at radius 2 is 1.88 bits per heavy atom. The van der Waals surface area contributed by atoms with Crippen molar-refractivity contribution in [2.75, 3.05) is 20.1 Å². The van der Waals surface area contributed by atoms with Crippen molar-refractivity contribution >= 4 is 11.6 Å². The Hall–Kier alpha value is -2.15. The molecule has 1 aliphatic heterocycles. The van der Waals surface area contributed by atoms with Gasteiger partial charge in [-0.25, -0.2) is 8.78 Å². The number of benzene rings is 1. The van der Waals surface area contributed by atoms with Gasteiger partial charge in [-0.05, 0) is 42.2 Å². The minimum atomic E-state index is -0.678. The van der Waals surface area contributed by atoms with Gasteiger partial charge in [0, 0.05) is 26.1 Å². The van der Waals surface area contributed by atoms with E-state index in [1.807, 2.05) is 20.8 Å². The number of carbonyl (C=O) groups is 1. The summed E-state index contributed by atoms with van der Waals surface area (Å²) in [6.45, 7) is 11.1. The first-order chi connectivity index (χ1) is 14.9. The first-order valence-electron chi connectivity index (χ1n) is 11.4. The maximum atomic E-state index is 14.4. The van der Waals surface area contributed by atoms with E-state index in [0.717, 1.165) is 12.8 Å². The van der Waals surface area contributed by atoms with E-state index in [1.165, 1.54) is 25.2 Å². The molecule has 7 heteroatoms. The van der Waals surface area contributed by atoms with Gasteiger partial charge >= 0.3 is 0 Å². The van der Waals surface area contributed by atoms with Crippen LogP contribution >= 0.6 is 0 Å². The summed E-state index contributed by atoms with van der Waals surface area (Å²) in [5, 5.41) is 17.9. The molecule has 1 aromatic carbocycles. The molecule has 176 valence electrons. The lowest BCUT2D eigenvalue weighted by atomic mass is 9.62. The van der Waals surface area contributed by atoms with Crippen LogP contribution in [0.1, 0.15) is 53.0 Å². The van der Waals surface area contributed by atoms with Gasteiger partial charge in [-0.3, -0.25) is 4.79 Å². The van der Waals surface area contributed by atoms with Crippen molar-refractivity contribution in [2.45, 2.75) is 53.6 Å². The largest absolute Gasteiger partial charge is 0.391 e. The summed E-state index contributed by atoms with van der Waals surface area (Å²) in [6.07, 6.45) is 2.83. The van der Waals surface area contributed by atoms with Crippen LogP contribution < -0.4 is 0 Å². The monoisotopic (exact) mass is 447 g/mol. The molecule has 2 aliphatic rings. The highest BCUT2D eigenvalue weighted by Gasteiger charge is 2.58. The van der Waals surface area contributed by atoms with Gasteiger partial charge in [-0.1, -0.05) is 46.8 Å². The molecule has 1 N–H and O–H groups in total. The number of hydrogen-bond acceptors (Lipinski definition) is 4. The van der Waals surface area contributed by atoms with Gasteiger partial charge in [0.05, 0.1) is 22.8 Å². The third-order valence-corrected chi connectivity index (χ3v) is 8.12. The average molecular weight is 448 g/mol. The quantitative estimate of drug-likeness (QED) is 0.622. The number of allylic oxidation sites excluding steroid dienone is 1. The van der Waals surface area contributed by atoms with E-state index in [2.05, 4.69) is 24.1 Å². The lowest BCUT2D eigenvalue weighted by Crippen LogP contribution is -2.49. The molecule has 3 rings (SSSR count). The molecule has 1 heterocycles. The Kier molecular flexibility index (Phi) is 6.89. The molecular weight excluding hydrogens is 412 g/mol. The summed E-state index contributed by atoms with van der Waals surface area (Å²) >= 11 is 0. The number of azo groups is 1. The highest BCUT2D eigenvalue weighted by atomic mass is 19.1. The summed E-state index contributed by atoms with van der Waals surface area (Å²) in [7, 11) is 1.47. The van der Waals surface area contributed by atoms with Crippen LogP contribution in [0.15, 0.2) is 34.5 Å². The highest BCUT2D eigenvalue weighted by Crippen LogP contribution is 2.59. The molecule has 0 radical (unpaired) electrons. The number of nitrogens with zero attached hydrogens (tertiary/aromatic N) is 3. The molecule has 0 bridgehead atoms. The second-order valence-electron chi connectivity index (χ2n) is 10.3. The van der Waals surface area contributed by atoms with Gasteiger partial charge < -0.3 is 10.0 Å². The van der Waals surface area contributed by atoms with E-state index >= 15 is 0 Å². The number of rotatable bonds is 5. The molecule has 1 aromatic rings. The van der Waals surface area contributed by atoms with Crippen LogP contribution in [0, 0.1) is 40.2 Å². The minimum Gasteiger partial charge on any atom is -0.391 e. The minimum absolute atomic E-state index is 0.0716. The molecule has 0 spiro atoms. The summed E-state index contributed by atoms with van der Waals surface area (Å²) < 4.78 is 28.8. The van der Waals surface area contributed by atoms with E-state index < -0.39 is 23.2 Å². The van der Waals surface area contributed by atoms with Gasteiger partial charge in [-0.15, -0.1) is 0 Å². The summed E-state index contributed by atoms with van der Waals surface area (Å²) in [4.78, 5) is 15.3. The second kappa shape index (κ2) is 9.00. The Morgan fingerprint density at radius 1 is 1.25 bits per heavy atom. The third-order valence-electron chi connectivity index (χ3n) is 8.12. The molecule has 5 nitrogen and oxygen atoms in total. The van der Waals surface area contributed by atoms with Gasteiger partial charge in [0.2, 0.25) is 5.91 Å². The maximum absolute atomic E-state index is 14.4. The zero-order chi connectivity index (χ0) is 23.8.